The van der Waals surface area contributed by atoms with Crippen molar-refractivity contribution >= 4 is 22.1 Å². The van der Waals surface area contributed by atoms with Crippen molar-refractivity contribution in [3.05, 3.63) is 75.2 Å². The second-order valence-electron chi connectivity index (χ2n) is 6.21. The normalized spacial score (nSPS) is 11.3. The van der Waals surface area contributed by atoms with E-state index in [1.807, 2.05) is 30.3 Å². The van der Waals surface area contributed by atoms with Gasteiger partial charge in [-0.15, -0.1) is 0 Å². The van der Waals surface area contributed by atoms with Gasteiger partial charge < -0.3 is 9.15 Å². The van der Waals surface area contributed by atoms with E-state index in [0.717, 1.165) is 5.56 Å². The first-order chi connectivity index (χ1) is 13.2. The molecule has 4 rings (SSSR count). The van der Waals surface area contributed by atoms with Gasteiger partial charge in [0.05, 0.1) is 5.39 Å². The van der Waals surface area contributed by atoms with Crippen LogP contribution in [0.4, 0.5) is 0 Å². The molecule has 2 aromatic heterocycles. The molecule has 0 bridgehead atoms. The quantitative estimate of drug-likeness (QED) is 0.403. The van der Waals surface area contributed by atoms with E-state index in [1.54, 1.807) is 31.4 Å². The molecule has 0 aliphatic heterocycles. The molecule has 27 heavy (non-hydrogen) atoms. The minimum atomic E-state index is -0.394. The summed E-state index contributed by atoms with van der Waals surface area (Å²) in [4.78, 5) is 30.7. The molecule has 0 radical (unpaired) electrons. The summed E-state index contributed by atoms with van der Waals surface area (Å²) in [5.74, 6) is 0.475. The van der Waals surface area contributed by atoms with Crippen LogP contribution in [0.5, 0.6) is 0 Å². The summed E-state index contributed by atoms with van der Waals surface area (Å²) in [6, 6.07) is 16.3. The number of hydrogen-bond acceptors (Lipinski definition) is 5. The zero-order valence-electron chi connectivity index (χ0n) is 14.8. The van der Waals surface area contributed by atoms with E-state index < -0.39 is 5.56 Å². The van der Waals surface area contributed by atoms with Crippen molar-refractivity contribution in [1.82, 2.24) is 9.55 Å². The lowest BCUT2D eigenvalue weighted by atomic mass is 10.1. The minimum absolute atomic E-state index is 0.0224. The Morgan fingerprint density at radius 1 is 1.04 bits per heavy atom. The number of aromatic nitrogens is 2. The average Bonchev–Trinajstić information content (AvgIpc) is 2.70. The fourth-order valence-corrected chi connectivity index (χ4v) is 3.17. The lowest BCUT2D eigenvalue weighted by Gasteiger charge is -2.13. The van der Waals surface area contributed by atoms with Gasteiger partial charge in [-0.05, 0) is 18.6 Å². The average molecular weight is 362 g/mol. The molecule has 0 fully saturated rings. The van der Waals surface area contributed by atoms with Crippen LogP contribution < -0.4 is 11.0 Å². The summed E-state index contributed by atoms with van der Waals surface area (Å²) >= 11 is 0. The highest BCUT2D eigenvalue weighted by Crippen LogP contribution is 2.20. The van der Waals surface area contributed by atoms with Gasteiger partial charge in [0.1, 0.15) is 11.4 Å². The molecule has 0 aliphatic rings. The van der Waals surface area contributed by atoms with Gasteiger partial charge in [0.15, 0.2) is 5.39 Å². The highest BCUT2D eigenvalue weighted by Gasteiger charge is 2.18. The van der Waals surface area contributed by atoms with E-state index in [0.29, 0.717) is 36.4 Å². The maximum atomic E-state index is 13.2. The SMILES string of the molecule is COCCCn1c(-c2ccccc2)nc2oc3ccccc3c(=O)c2c1=O. The van der Waals surface area contributed by atoms with E-state index in [9.17, 15) is 9.59 Å². The van der Waals surface area contributed by atoms with Gasteiger partial charge in [0.25, 0.3) is 5.56 Å². The third kappa shape index (κ3) is 3.04. The molecule has 0 spiro atoms. The Morgan fingerprint density at radius 3 is 2.56 bits per heavy atom. The van der Waals surface area contributed by atoms with Crippen molar-refractivity contribution in [1.29, 1.82) is 0 Å². The number of fused-ring (bicyclic) bond motifs is 2. The maximum Gasteiger partial charge on any atom is 0.269 e. The van der Waals surface area contributed by atoms with Crippen LogP contribution in [0.2, 0.25) is 0 Å². The Bertz CT molecular complexity index is 1230. The zero-order chi connectivity index (χ0) is 18.8. The van der Waals surface area contributed by atoms with Crippen molar-refractivity contribution in [3.63, 3.8) is 0 Å². The van der Waals surface area contributed by atoms with Crippen molar-refractivity contribution in [2.24, 2.45) is 0 Å². The van der Waals surface area contributed by atoms with Gasteiger partial charge in [0, 0.05) is 25.8 Å². The summed E-state index contributed by atoms with van der Waals surface area (Å²) in [5.41, 5.74) is 0.507. The van der Waals surface area contributed by atoms with Crippen molar-refractivity contribution in [3.8, 4) is 11.4 Å². The molecule has 6 nitrogen and oxygen atoms in total. The number of hydrogen-bond donors (Lipinski definition) is 0. The molecule has 0 amide bonds. The van der Waals surface area contributed by atoms with Gasteiger partial charge in [-0.25, -0.2) is 0 Å². The largest absolute Gasteiger partial charge is 0.437 e. The van der Waals surface area contributed by atoms with Crippen LogP contribution in [0, 0.1) is 0 Å². The topological polar surface area (TPSA) is 74.3 Å². The van der Waals surface area contributed by atoms with Crippen LogP contribution in [0.3, 0.4) is 0 Å². The van der Waals surface area contributed by atoms with E-state index >= 15 is 0 Å². The van der Waals surface area contributed by atoms with Crippen molar-refractivity contribution in [2.45, 2.75) is 13.0 Å². The van der Waals surface area contributed by atoms with Crippen LogP contribution in [-0.2, 0) is 11.3 Å². The summed E-state index contributed by atoms with van der Waals surface area (Å²) in [5, 5.41) is 0.352. The molecular weight excluding hydrogens is 344 g/mol. The third-order valence-electron chi connectivity index (χ3n) is 4.46. The Morgan fingerprint density at radius 2 is 1.78 bits per heavy atom. The van der Waals surface area contributed by atoms with Crippen LogP contribution in [0.25, 0.3) is 33.5 Å². The number of methoxy groups -OCH3 is 1. The van der Waals surface area contributed by atoms with Crippen LogP contribution >= 0.6 is 0 Å². The molecule has 0 saturated carbocycles. The molecular formula is C21H18N2O4. The highest BCUT2D eigenvalue weighted by atomic mass is 16.5. The summed E-state index contributed by atoms with van der Waals surface area (Å²) in [6.07, 6.45) is 0.627. The van der Waals surface area contributed by atoms with Gasteiger partial charge in [-0.1, -0.05) is 42.5 Å². The number of rotatable bonds is 5. The maximum absolute atomic E-state index is 13.2. The summed E-state index contributed by atoms with van der Waals surface area (Å²) in [6.45, 7) is 0.900. The second-order valence-corrected chi connectivity index (χ2v) is 6.21. The molecule has 0 atom stereocenters. The minimum Gasteiger partial charge on any atom is -0.437 e. The van der Waals surface area contributed by atoms with Gasteiger partial charge in [-0.2, -0.15) is 4.98 Å². The number of nitrogens with zero attached hydrogens (tertiary/aromatic N) is 2. The zero-order valence-corrected chi connectivity index (χ0v) is 14.8. The molecule has 2 heterocycles. The Balaban J connectivity index is 2.06. The first kappa shape index (κ1) is 17.2. The standard InChI is InChI=1S/C21H18N2O4/c1-26-13-7-12-23-19(14-8-3-2-4-9-14)22-20-17(21(23)25)18(24)15-10-5-6-11-16(15)27-20/h2-6,8-11H,7,12-13H2,1H3. The van der Waals surface area contributed by atoms with Crippen LogP contribution in [0.1, 0.15) is 6.42 Å². The monoisotopic (exact) mass is 362 g/mol. The number of ether oxygens (including phenoxy) is 1. The Hall–Kier alpha value is -3.25. The first-order valence-corrected chi connectivity index (χ1v) is 8.71. The smallest absolute Gasteiger partial charge is 0.269 e. The molecule has 6 heteroatoms. The van der Waals surface area contributed by atoms with E-state index in [2.05, 4.69) is 4.98 Å². The molecule has 0 saturated heterocycles. The molecule has 0 aliphatic carbocycles. The first-order valence-electron chi connectivity index (χ1n) is 8.71. The van der Waals surface area contributed by atoms with E-state index in [4.69, 9.17) is 9.15 Å². The number of para-hydroxylation sites is 1. The summed E-state index contributed by atoms with van der Waals surface area (Å²) in [7, 11) is 1.61. The predicted octanol–water partition coefficient (Wildman–Crippen LogP) is 3.21. The lowest BCUT2D eigenvalue weighted by Crippen LogP contribution is -2.28. The van der Waals surface area contributed by atoms with Gasteiger partial charge in [0.2, 0.25) is 11.1 Å². The van der Waals surface area contributed by atoms with Crippen molar-refractivity contribution in [2.75, 3.05) is 13.7 Å². The van der Waals surface area contributed by atoms with E-state index in [-0.39, 0.29) is 16.5 Å². The Labute approximate surface area is 154 Å². The Kier molecular flexibility index (Phi) is 4.56. The predicted molar refractivity (Wildman–Crippen MR) is 104 cm³/mol. The number of benzene rings is 2. The summed E-state index contributed by atoms with van der Waals surface area (Å²) < 4.78 is 12.4. The third-order valence-corrected chi connectivity index (χ3v) is 4.46. The molecule has 2 aromatic carbocycles. The van der Waals surface area contributed by atoms with Gasteiger partial charge >= 0.3 is 0 Å². The molecule has 136 valence electrons. The fourth-order valence-electron chi connectivity index (χ4n) is 3.17. The molecule has 0 unspecified atom stereocenters. The molecule has 4 aromatic rings. The van der Waals surface area contributed by atoms with Crippen molar-refractivity contribution < 1.29 is 9.15 Å². The molecule has 0 N–H and O–H groups in total. The second kappa shape index (κ2) is 7.17. The van der Waals surface area contributed by atoms with E-state index in [1.165, 1.54) is 4.57 Å². The lowest BCUT2D eigenvalue weighted by molar-refractivity contribution is 0.190. The van der Waals surface area contributed by atoms with Gasteiger partial charge in [-0.3, -0.25) is 14.2 Å². The highest BCUT2D eigenvalue weighted by molar-refractivity contribution is 5.88. The van der Waals surface area contributed by atoms with Crippen LogP contribution in [0.15, 0.2) is 68.6 Å². The fraction of sp³-hybridized carbons (Fsp3) is 0.190. The van der Waals surface area contributed by atoms with Crippen LogP contribution in [-0.4, -0.2) is 23.3 Å².